The third kappa shape index (κ3) is 8.73. The van der Waals surface area contributed by atoms with E-state index in [-0.39, 0.29) is 48.6 Å². The minimum Gasteiger partial charge on any atom is -0.491 e. The van der Waals surface area contributed by atoms with E-state index in [1.165, 1.54) is 30.3 Å². The van der Waals surface area contributed by atoms with Crippen LogP contribution in [0.2, 0.25) is 0 Å². The summed E-state index contributed by atoms with van der Waals surface area (Å²) >= 11 is 0. The average Bonchev–Trinajstić information content (AvgIpc) is 3.02. The van der Waals surface area contributed by atoms with Gasteiger partial charge >= 0.3 is 12.0 Å². The topological polar surface area (TPSA) is 129 Å². The van der Waals surface area contributed by atoms with Crippen molar-refractivity contribution in [3.63, 3.8) is 0 Å². The van der Waals surface area contributed by atoms with Crippen LogP contribution < -0.4 is 10.5 Å². The Morgan fingerprint density at radius 2 is 1.56 bits per heavy atom. The molecule has 4 N–H and O–H groups in total. The maximum absolute atomic E-state index is 13.6. The number of urea groups is 1. The number of amides is 2. The van der Waals surface area contributed by atoms with Crippen LogP contribution in [0.3, 0.4) is 0 Å². The zero-order valence-electron chi connectivity index (χ0n) is 23.3. The fraction of sp³-hybridized carbons (Fsp3) is 0.290. The second-order valence-electron chi connectivity index (χ2n) is 9.83. The monoisotopic (exact) mass is 594 g/mol. The zero-order valence-corrected chi connectivity index (χ0v) is 23.3. The van der Waals surface area contributed by atoms with E-state index < -0.39 is 12.0 Å². The van der Waals surface area contributed by atoms with E-state index in [0.29, 0.717) is 30.3 Å². The Morgan fingerprint density at radius 1 is 0.953 bits per heavy atom. The minimum absolute atomic E-state index is 0.0125. The molecule has 1 saturated heterocycles. The number of carbonyl (C=O) groups is 2. The molecule has 4 rings (SSSR count). The number of piperazine rings is 1. The van der Waals surface area contributed by atoms with Gasteiger partial charge in [0.2, 0.25) is 0 Å². The SMILES string of the molecule is NC(=O)N(O)CCC#Cc1ccc(OCCN2CCN(C(c3ccc(F)cc3)c3ccc(F)cc3)CC2)c(C(=O)OO)c1. The average molecular weight is 595 g/mol. The summed E-state index contributed by atoms with van der Waals surface area (Å²) in [5, 5.41) is 18.6. The predicted octanol–water partition coefficient (Wildman–Crippen LogP) is 3.89. The first-order valence-corrected chi connectivity index (χ1v) is 13.6. The van der Waals surface area contributed by atoms with Gasteiger partial charge in [-0.2, -0.15) is 5.26 Å². The Hall–Kier alpha value is -4.54. The van der Waals surface area contributed by atoms with Gasteiger partial charge in [0.15, 0.2) is 0 Å². The number of primary amides is 1. The number of rotatable bonds is 10. The number of hydrogen-bond donors (Lipinski definition) is 3. The molecule has 0 aromatic heterocycles. The van der Waals surface area contributed by atoms with Crippen LogP contribution in [0, 0.1) is 23.5 Å². The van der Waals surface area contributed by atoms with Gasteiger partial charge in [-0.3, -0.25) is 19.9 Å². The Balaban J connectivity index is 1.34. The Labute approximate surface area is 247 Å². The predicted molar refractivity (Wildman–Crippen MR) is 152 cm³/mol. The van der Waals surface area contributed by atoms with Crippen LogP contribution in [0.25, 0.3) is 0 Å². The van der Waals surface area contributed by atoms with Gasteiger partial charge in [0, 0.05) is 44.7 Å². The molecule has 0 bridgehead atoms. The lowest BCUT2D eigenvalue weighted by molar-refractivity contribution is -0.183. The first kappa shape index (κ1) is 31.4. The van der Waals surface area contributed by atoms with E-state index in [1.54, 1.807) is 36.4 Å². The summed E-state index contributed by atoms with van der Waals surface area (Å²) < 4.78 is 33.1. The fourth-order valence-corrected chi connectivity index (χ4v) is 4.81. The first-order valence-electron chi connectivity index (χ1n) is 13.6. The summed E-state index contributed by atoms with van der Waals surface area (Å²) in [7, 11) is 0. The van der Waals surface area contributed by atoms with Crippen molar-refractivity contribution in [1.29, 1.82) is 0 Å². The molecule has 10 nitrogen and oxygen atoms in total. The lowest BCUT2D eigenvalue weighted by atomic mass is 9.96. The fourth-order valence-electron chi connectivity index (χ4n) is 4.81. The second kappa shape index (κ2) is 15.1. The highest BCUT2D eigenvalue weighted by Gasteiger charge is 2.27. The molecular weight excluding hydrogens is 562 g/mol. The number of benzene rings is 3. The molecule has 2 amide bonds. The summed E-state index contributed by atoms with van der Waals surface area (Å²) in [5.41, 5.74) is 7.21. The van der Waals surface area contributed by atoms with Gasteiger partial charge in [0.05, 0.1) is 12.6 Å². The molecule has 12 heteroatoms. The molecule has 0 radical (unpaired) electrons. The number of hydroxylamine groups is 2. The molecule has 0 saturated carbocycles. The molecule has 43 heavy (non-hydrogen) atoms. The molecule has 0 aliphatic carbocycles. The molecule has 3 aromatic rings. The standard InChI is InChI=1S/C31H32F2N4O6/c32-25-9-5-23(6-10-25)29(24-7-11-26(33)12-8-24)36-17-15-35(16-18-36)19-20-42-28-13-4-22(21-27(28)30(38)43-41)3-1-2-14-37(40)31(34)39/h4-13,21,29,40-41H,2,14-20H2,(H2,34,39). The van der Waals surface area contributed by atoms with Gasteiger partial charge in [-0.05, 0) is 53.6 Å². The maximum atomic E-state index is 13.6. The van der Waals surface area contributed by atoms with E-state index in [0.717, 1.165) is 24.2 Å². The summed E-state index contributed by atoms with van der Waals surface area (Å²) in [6.45, 7) is 3.62. The number of carbonyl (C=O) groups excluding carboxylic acids is 2. The van der Waals surface area contributed by atoms with Gasteiger partial charge in [-0.1, -0.05) is 36.1 Å². The van der Waals surface area contributed by atoms with Crippen molar-refractivity contribution < 1.29 is 38.5 Å². The van der Waals surface area contributed by atoms with Gasteiger partial charge in [0.25, 0.3) is 0 Å². The van der Waals surface area contributed by atoms with Crippen molar-refractivity contribution >= 4 is 12.0 Å². The largest absolute Gasteiger partial charge is 0.491 e. The van der Waals surface area contributed by atoms with Gasteiger partial charge in [-0.15, -0.1) is 0 Å². The maximum Gasteiger partial charge on any atom is 0.376 e. The molecule has 0 spiro atoms. The highest BCUT2D eigenvalue weighted by Crippen LogP contribution is 2.30. The van der Waals surface area contributed by atoms with Crippen LogP contribution in [-0.2, 0) is 4.89 Å². The van der Waals surface area contributed by atoms with Crippen LogP contribution >= 0.6 is 0 Å². The third-order valence-corrected chi connectivity index (χ3v) is 7.03. The Bertz CT molecular complexity index is 1410. The highest BCUT2D eigenvalue weighted by atomic mass is 19.1. The molecule has 3 aromatic carbocycles. The smallest absolute Gasteiger partial charge is 0.376 e. The second-order valence-corrected chi connectivity index (χ2v) is 9.83. The quantitative estimate of drug-likeness (QED) is 0.140. The van der Waals surface area contributed by atoms with Crippen molar-refractivity contribution in [2.24, 2.45) is 5.73 Å². The number of hydrogen-bond acceptors (Lipinski definition) is 8. The van der Waals surface area contributed by atoms with Crippen LogP contribution in [0.5, 0.6) is 5.75 Å². The molecular formula is C31H32F2N4O6. The van der Waals surface area contributed by atoms with Crippen molar-refractivity contribution in [1.82, 2.24) is 14.9 Å². The lowest BCUT2D eigenvalue weighted by Crippen LogP contribution is -2.48. The summed E-state index contributed by atoms with van der Waals surface area (Å²) in [6, 6.07) is 16.2. The van der Waals surface area contributed by atoms with E-state index in [2.05, 4.69) is 26.5 Å². The molecule has 1 heterocycles. The number of nitrogens with two attached hydrogens (primary N) is 1. The van der Waals surface area contributed by atoms with Crippen molar-refractivity contribution in [3.05, 3.63) is 101 Å². The van der Waals surface area contributed by atoms with Gasteiger partial charge in [-0.25, -0.2) is 23.4 Å². The van der Waals surface area contributed by atoms with E-state index in [1.807, 2.05) is 0 Å². The lowest BCUT2D eigenvalue weighted by Gasteiger charge is -2.39. The molecule has 1 aliphatic heterocycles. The zero-order chi connectivity index (χ0) is 30.8. The number of ether oxygens (including phenoxy) is 1. The van der Waals surface area contributed by atoms with Gasteiger partial charge < -0.3 is 10.5 Å². The third-order valence-electron chi connectivity index (χ3n) is 7.03. The summed E-state index contributed by atoms with van der Waals surface area (Å²) in [6.07, 6.45) is 0.138. The Morgan fingerprint density at radius 3 is 2.12 bits per heavy atom. The van der Waals surface area contributed by atoms with Crippen molar-refractivity contribution in [3.8, 4) is 17.6 Å². The number of nitrogens with zero attached hydrogens (tertiary/aromatic N) is 3. The van der Waals surface area contributed by atoms with Crippen molar-refractivity contribution in [2.45, 2.75) is 12.5 Å². The van der Waals surface area contributed by atoms with Crippen molar-refractivity contribution in [2.75, 3.05) is 45.9 Å². The molecule has 0 atom stereocenters. The van der Waals surface area contributed by atoms with Crippen LogP contribution in [-0.4, -0.2) is 83.2 Å². The molecule has 1 fully saturated rings. The minimum atomic E-state index is -1.00. The van der Waals surface area contributed by atoms with Crippen LogP contribution in [0.15, 0.2) is 66.7 Å². The van der Waals surface area contributed by atoms with Crippen LogP contribution in [0.4, 0.5) is 13.6 Å². The highest BCUT2D eigenvalue weighted by molar-refractivity contribution is 5.92. The first-order chi connectivity index (χ1) is 20.7. The Kier molecular flexibility index (Phi) is 11.0. The number of halogens is 2. The van der Waals surface area contributed by atoms with Crippen LogP contribution in [0.1, 0.15) is 39.5 Å². The van der Waals surface area contributed by atoms with E-state index in [4.69, 9.17) is 15.7 Å². The van der Waals surface area contributed by atoms with Gasteiger partial charge in [0.1, 0.15) is 29.6 Å². The molecule has 1 aliphatic rings. The van der Waals surface area contributed by atoms with E-state index in [9.17, 15) is 23.6 Å². The molecule has 226 valence electrons. The summed E-state index contributed by atoms with van der Waals surface area (Å²) in [5.74, 6) is 4.13. The normalized spacial score (nSPS) is 13.7. The van der Waals surface area contributed by atoms with E-state index >= 15 is 0 Å². The molecule has 0 unspecified atom stereocenters. The summed E-state index contributed by atoms with van der Waals surface area (Å²) in [4.78, 5) is 31.4.